The first-order chi connectivity index (χ1) is 11.4. The average Bonchev–Trinajstić information content (AvgIpc) is 2.52. The Labute approximate surface area is 147 Å². The summed E-state index contributed by atoms with van der Waals surface area (Å²) in [4.78, 5) is 20.0. The first-order valence-corrected chi connectivity index (χ1v) is 8.10. The quantitative estimate of drug-likeness (QED) is 0.178. The lowest BCUT2D eigenvalue weighted by Gasteiger charge is -2.30. The zero-order valence-electron chi connectivity index (χ0n) is 14.9. The van der Waals surface area contributed by atoms with Crippen molar-refractivity contribution in [2.45, 2.75) is 70.4 Å². The smallest absolute Gasteiger partial charge is 0.370 e. The second kappa shape index (κ2) is 16.2. The van der Waals surface area contributed by atoms with Crippen molar-refractivity contribution in [1.82, 2.24) is 0 Å². The lowest BCUT2D eigenvalue weighted by atomic mass is 10.0. The third-order valence-electron chi connectivity index (χ3n) is 2.79. The summed E-state index contributed by atoms with van der Waals surface area (Å²) >= 11 is 0. The molecule has 10 heteroatoms. The maximum atomic E-state index is 10.1. The summed E-state index contributed by atoms with van der Waals surface area (Å²) in [5.41, 5.74) is 5.03. The molecule has 9 N–H and O–H groups in total. The lowest BCUT2D eigenvalue weighted by molar-refractivity contribution is -0.345. The number of nitrogens with two attached hydrogens (primary N) is 1. The summed E-state index contributed by atoms with van der Waals surface area (Å²) in [6.45, 7) is 4.58. The van der Waals surface area contributed by atoms with Crippen molar-refractivity contribution >= 4 is 11.9 Å². The van der Waals surface area contributed by atoms with Crippen LogP contribution in [0.25, 0.3) is 0 Å². The molecule has 0 radical (unpaired) electrons. The summed E-state index contributed by atoms with van der Waals surface area (Å²) in [5, 5.41) is 59.8. The van der Waals surface area contributed by atoms with Gasteiger partial charge >= 0.3 is 17.7 Å². The third-order valence-corrected chi connectivity index (χ3v) is 2.79. The van der Waals surface area contributed by atoms with Crippen LogP contribution in [0.15, 0.2) is 0 Å². The van der Waals surface area contributed by atoms with E-state index in [4.69, 9.17) is 41.5 Å². The Bertz CT molecular complexity index is 344. The second-order valence-electron chi connectivity index (χ2n) is 5.26. The Morgan fingerprint density at radius 2 is 1.40 bits per heavy atom. The molecule has 0 aliphatic heterocycles. The fourth-order valence-corrected chi connectivity index (χ4v) is 1.26. The zero-order chi connectivity index (χ0) is 20.5. The van der Waals surface area contributed by atoms with Gasteiger partial charge in [-0.05, 0) is 25.8 Å². The second-order valence-corrected chi connectivity index (χ2v) is 5.26. The van der Waals surface area contributed by atoms with E-state index < -0.39 is 29.9 Å². The van der Waals surface area contributed by atoms with Crippen molar-refractivity contribution in [3.05, 3.63) is 0 Å². The topological polar surface area (TPSA) is 202 Å². The minimum Gasteiger partial charge on any atom is -0.481 e. The Hall–Kier alpha value is -1.30. The van der Waals surface area contributed by atoms with Crippen LogP contribution >= 0.6 is 0 Å². The maximum absolute atomic E-state index is 10.1. The van der Waals surface area contributed by atoms with Gasteiger partial charge in [-0.25, -0.2) is 4.79 Å². The zero-order valence-corrected chi connectivity index (χ0v) is 14.9. The van der Waals surface area contributed by atoms with E-state index in [2.05, 4.69) is 6.92 Å². The molecule has 0 spiro atoms. The van der Waals surface area contributed by atoms with E-state index in [1.807, 2.05) is 0 Å². The monoisotopic (exact) mass is 371 g/mol. The number of aliphatic hydroxyl groups excluding tert-OH is 1. The number of aliphatic carboxylic acids is 2. The Kier molecular flexibility index (Phi) is 18.5. The van der Waals surface area contributed by atoms with Crippen LogP contribution in [0.3, 0.4) is 0 Å². The van der Waals surface area contributed by atoms with E-state index in [9.17, 15) is 9.59 Å². The predicted molar refractivity (Wildman–Crippen MR) is 89.4 cm³/mol. The Morgan fingerprint density at radius 1 is 0.920 bits per heavy atom. The van der Waals surface area contributed by atoms with Gasteiger partial charge in [-0.2, -0.15) is 0 Å². The highest BCUT2D eigenvalue weighted by Gasteiger charge is 2.53. The van der Waals surface area contributed by atoms with E-state index in [1.165, 1.54) is 0 Å². The lowest BCUT2D eigenvalue weighted by Crippen LogP contribution is -2.59. The van der Waals surface area contributed by atoms with Crippen molar-refractivity contribution in [3.8, 4) is 0 Å². The molecule has 25 heavy (non-hydrogen) atoms. The molecule has 0 saturated carbocycles. The number of hydrogen-bond donors (Lipinski definition) is 8. The summed E-state index contributed by atoms with van der Waals surface area (Å²) < 4.78 is 0. The predicted octanol–water partition coefficient (Wildman–Crippen LogP) is -0.788. The van der Waals surface area contributed by atoms with Crippen LogP contribution in [0, 0.1) is 0 Å². The molecule has 0 aromatic heterocycles. The fraction of sp³-hybridized carbons (Fsp3) is 0.867. The van der Waals surface area contributed by atoms with E-state index in [0.717, 1.165) is 19.4 Å². The molecule has 0 atom stereocenters. The number of carboxylic acid groups (broad SMARTS) is 2. The van der Waals surface area contributed by atoms with Crippen molar-refractivity contribution in [2.24, 2.45) is 5.73 Å². The normalized spacial score (nSPS) is 10.9. The van der Waals surface area contributed by atoms with Crippen LogP contribution < -0.4 is 5.73 Å². The van der Waals surface area contributed by atoms with Crippen LogP contribution in [0.4, 0.5) is 0 Å². The standard InChI is InChI=1S/C6H12O6.C6H12O3.C3H9N/c1-2-3-5(9,10)6(11,12)4(7)8;7-5-3-1-2-4-6(8)9;1-2-3-4/h9-12H,2-3H2,1H3,(H,7,8);7H,1-5H2,(H,8,9);2-4H2,1H3. The molecule has 0 aliphatic carbocycles. The van der Waals surface area contributed by atoms with Crippen molar-refractivity contribution in [2.75, 3.05) is 13.2 Å². The highest BCUT2D eigenvalue weighted by molar-refractivity contribution is 5.76. The number of aliphatic hydroxyl groups is 5. The van der Waals surface area contributed by atoms with E-state index in [-0.39, 0.29) is 19.4 Å². The van der Waals surface area contributed by atoms with Gasteiger partial charge in [0.15, 0.2) is 0 Å². The van der Waals surface area contributed by atoms with Gasteiger partial charge in [0.2, 0.25) is 5.79 Å². The molecule has 10 nitrogen and oxygen atoms in total. The molecule has 0 amide bonds. The third kappa shape index (κ3) is 15.9. The van der Waals surface area contributed by atoms with E-state index >= 15 is 0 Å². The number of carboxylic acids is 2. The van der Waals surface area contributed by atoms with Crippen LogP contribution in [-0.2, 0) is 9.59 Å². The van der Waals surface area contributed by atoms with Gasteiger partial charge in [-0.3, -0.25) is 4.79 Å². The molecular formula is C15H33NO9. The molecular weight excluding hydrogens is 338 g/mol. The van der Waals surface area contributed by atoms with Crippen molar-refractivity contribution in [3.63, 3.8) is 0 Å². The van der Waals surface area contributed by atoms with Crippen molar-refractivity contribution in [1.29, 1.82) is 0 Å². The molecule has 0 fully saturated rings. The number of rotatable bonds is 10. The summed E-state index contributed by atoms with van der Waals surface area (Å²) in [6, 6.07) is 0. The van der Waals surface area contributed by atoms with Crippen molar-refractivity contribution < 1.29 is 45.3 Å². The first kappa shape index (κ1) is 28.5. The van der Waals surface area contributed by atoms with Crippen LogP contribution in [-0.4, -0.2) is 72.4 Å². The molecule has 0 unspecified atom stereocenters. The fourth-order valence-electron chi connectivity index (χ4n) is 1.26. The van der Waals surface area contributed by atoms with Gasteiger partial charge in [0.25, 0.3) is 0 Å². The van der Waals surface area contributed by atoms with Gasteiger partial charge in [0.05, 0.1) is 0 Å². The number of carbonyl (C=O) groups is 2. The Morgan fingerprint density at radius 3 is 1.68 bits per heavy atom. The van der Waals surface area contributed by atoms with E-state index in [0.29, 0.717) is 12.8 Å². The van der Waals surface area contributed by atoms with Gasteiger partial charge in [0, 0.05) is 19.4 Å². The van der Waals surface area contributed by atoms with Gasteiger partial charge in [0.1, 0.15) is 0 Å². The summed E-state index contributed by atoms with van der Waals surface area (Å²) in [6.07, 6.45) is 3.29. The largest absolute Gasteiger partial charge is 0.481 e. The molecule has 0 bridgehead atoms. The molecule has 152 valence electrons. The van der Waals surface area contributed by atoms with Crippen LogP contribution in [0.2, 0.25) is 0 Å². The number of hydrogen-bond acceptors (Lipinski definition) is 8. The van der Waals surface area contributed by atoms with E-state index in [1.54, 1.807) is 6.92 Å². The molecule has 0 aliphatic rings. The number of unbranched alkanes of at least 4 members (excludes halogenated alkanes) is 2. The van der Waals surface area contributed by atoms with Gasteiger partial charge < -0.3 is 41.5 Å². The maximum Gasteiger partial charge on any atom is 0.370 e. The van der Waals surface area contributed by atoms with Gasteiger partial charge in [-0.1, -0.05) is 26.7 Å². The SMILES string of the molecule is CCCC(O)(O)C(O)(O)C(=O)O.CCCN.O=C(O)CCCCCO. The highest BCUT2D eigenvalue weighted by atomic mass is 16.6. The summed E-state index contributed by atoms with van der Waals surface area (Å²) in [7, 11) is 0. The van der Waals surface area contributed by atoms with Crippen LogP contribution in [0.1, 0.15) is 58.8 Å². The Balaban J connectivity index is -0.000000328. The average molecular weight is 371 g/mol. The molecule has 0 heterocycles. The molecule has 0 aromatic carbocycles. The molecule has 0 rings (SSSR count). The molecule has 0 aromatic rings. The summed E-state index contributed by atoms with van der Waals surface area (Å²) in [5.74, 6) is -9.40. The first-order valence-electron chi connectivity index (χ1n) is 8.10. The van der Waals surface area contributed by atoms with Gasteiger partial charge in [-0.15, -0.1) is 0 Å². The highest BCUT2D eigenvalue weighted by Crippen LogP contribution is 2.22. The molecule has 0 saturated heterocycles. The minimum atomic E-state index is -3.52. The van der Waals surface area contributed by atoms with Crippen LogP contribution in [0.5, 0.6) is 0 Å². The minimum absolute atomic E-state index is 0.166.